The number of carboxylic acid groups (broad SMARTS) is 1. The molecule has 1 aliphatic rings. The molecule has 3 aromatic heterocycles. The minimum atomic E-state index is -0.941. The van der Waals surface area contributed by atoms with E-state index in [1.54, 1.807) is 12.5 Å². The van der Waals surface area contributed by atoms with Crippen LogP contribution >= 0.6 is 0 Å². The molecule has 0 atom stereocenters. The zero-order valence-electron chi connectivity index (χ0n) is 14.0. The first-order chi connectivity index (χ1) is 12.1. The highest BCUT2D eigenvalue weighted by atomic mass is 16.4. The quantitative estimate of drug-likeness (QED) is 0.667. The van der Waals surface area contributed by atoms with E-state index in [4.69, 9.17) is 5.11 Å². The van der Waals surface area contributed by atoms with E-state index in [-0.39, 0.29) is 0 Å². The first kappa shape index (κ1) is 15.7. The van der Waals surface area contributed by atoms with Crippen molar-refractivity contribution in [3.63, 3.8) is 0 Å². The van der Waals surface area contributed by atoms with Gasteiger partial charge in [0.15, 0.2) is 11.3 Å². The number of rotatable bonds is 4. The van der Waals surface area contributed by atoms with Gasteiger partial charge in [0.1, 0.15) is 11.8 Å². The predicted molar refractivity (Wildman–Crippen MR) is 92.8 cm³/mol. The number of aromatic nitrogens is 5. The summed E-state index contributed by atoms with van der Waals surface area (Å²) in [7, 11) is 2.10. The van der Waals surface area contributed by atoms with E-state index in [1.807, 2.05) is 10.6 Å². The number of nitrogens with one attached hydrogen (secondary N) is 2. The third kappa shape index (κ3) is 2.86. The maximum Gasteiger partial charge on any atom is 0.404 e. The van der Waals surface area contributed by atoms with Gasteiger partial charge < -0.3 is 20.3 Å². The van der Waals surface area contributed by atoms with Crippen LogP contribution in [0.2, 0.25) is 0 Å². The van der Waals surface area contributed by atoms with Crippen molar-refractivity contribution in [2.24, 2.45) is 5.92 Å². The second-order valence-electron chi connectivity index (χ2n) is 6.66. The van der Waals surface area contributed by atoms with Crippen LogP contribution in [0.5, 0.6) is 0 Å². The number of aromatic amines is 1. The fourth-order valence-corrected chi connectivity index (χ4v) is 3.79. The summed E-state index contributed by atoms with van der Waals surface area (Å²) >= 11 is 0. The zero-order valence-corrected chi connectivity index (χ0v) is 14.0. The van der Waals surface area contributed by atoms with Crippen LogP contribution in [0, 0.1) is 5.92 Å². The summed E-state index contributed by atoms with van der Waals surface area (Å²) in [6, 6.07) is 0.423. The molecule has 1 aliphatic carbocycles. The molecule has 0 aromatic carbocycles. The van der Waals surface area contributed by atoms with E-state index in [9.17, 15) is 4.79 Å². The lowest BCUT2D eigenvalue weighted by atomic mass is 9.85. The molecule has 3 heterocycles. The molecular weight excluding hydrogens is 322 g/mol. The molecule has 3 aromatic rings. The highest BCUT2D eigenvalue weighted by molar-refractivity contribution is 5.88. The van der Waals surface area contributed by atoms with Gasteiger partial charge in [-0.3, -0.25) is 4.40 Å². The number of fused-ring (bicyclic) bond motifs is 3. The summed E-state index contributed by atoms with van der Waals surface area (Å²) < 4.78 is 1.95. The summed E-state index contributed by atoms with van der Waals surface area (Å²) in [5.74, 6) is 0.426. The Morgan fingerprint density at radius 1 is 1.44 bits per heavy atom. The van der Waals surface area contributed by atoms with Crippen LogP contribution in [0.1, 0.15) is 25.7 Å². The van der Waals surface area contributed by atoms with Crippen molar-refractivity contribution in [1.82, 2.24) is 29.9 Å². The molecule has 0 unspecified atom stereocenters. The van der Waals surface area contributed by atoms with E-state index in [0.717, 1.165) is 48.2 Å². The van der Waals surface area contributed by atoms with Crippen molar-refractivity contribution in [2.45, 2.75) is 31.7 Å². The van der Waals surface area contributed by atoms with Crippen LogP contribution in [-0.4, -0.2) is 55.4 Å². The number of nitrogens with zero attached hydrogens (tertiary/aromatic N) is 5. The number of anilines is 1. The highest BCUT2D eigenvalue weighted by Gasteiger charge is 2.26. The standard InChI is InChI=1S/C16H21N7O2/c1-22(11-4-2-10(3-5-11)6-19-16(24)25)12-7-17-15-14(12)23-9-20-21-13(23)8-18-15/h7-11,17,19H,2-6H2,1H3,(H,24,25)/t10-,11-. The molecule has 25 heavy (non-hydrogen) atoms. The smallest absolute Gasteiger partial charge is 0.404 e. The van der Waals surface area contributed by atoms with E-state index in [1.165, 1.54) is 0 Å². The normalized spacial score (nSPS) is 20.8. The van der Waals surface area contributed by atoms with Crippen molar-refractivity contribution >= 4 is 28.6 Å². The van der Waals surface area contributed by atoms with Gasteiger partial charge >= 0.3 is 6.09 Å². The van der Waals surface area contributed by atoms with Gasteiger partial charge in [0.2, 0.25) is 0 Å². The Kier molecular flexibility index (Phi) is 3.90. The summed E-state index contributed by atoms with van der Waals surface area (Å²) in [4.78, 5) is 20.6. The Morgan fingerprint density at radius 3 is 3.00 bits per heavy atom. The van der Waals surface area contributed by atoms with Crippen molar-refractivity contribution in [3.8, 4) is 0 Å². The van der Waals surface area contributed by atoms with Gasteiger partial charge in [-0.05, 0) is 31.6 Å². The summed E-state index contributed by atoms with van der Waals surface area (Å²) in [6.45, 7) is 0.546. The molecule has 0 spiro atoms. The topological polar surface area (TPSA) is 111 Å². The number of H-pyrrole nitrogens is 1. The fourth-order valence-electron chi connectivity index (χ4n) is 3.79. The molecule has 1 saturated carbocycles. The Hall–Kier alpha value is -2.84. The Labute approximate surface area is 144 Å². The van der Waals surface area contributed by atoms with Gasteiger partial charge in [0.05, 0.1) is 11.9 Å². The Morgan fingerprint density at radius 2 is 2.24 bits per heavy atom. The molecule has 1 fully saturated rings. The largest absolute Gasteiger partial charge is 0.465 e. The number of carbonyl (C=O) groups is 1. The monoisotopic (exact) mass is 343 g/mol. The lowest BCUT2D eigenvalue weighted by molar-refractivity contribution is 0.189. The third-order valence-corrected chi connectivity index (χ3v) is 5.22. The second-order valence-corrected chi connectivity index (χ2v) is 6.66. The molecule has 9 heteroatoms. The highest BCUT2D eigenvalue weighted by Crippen LogP contribution is 2.32. The minimum Gasteiger partial charge on any atom is -0.465 e. The van der Waals surface area contributed by atoms with Crippen LogP contribution in [0.4, 0.5) is 10.5 Å². The molecule has 3 N–H and O–H groups in total. The molecule has 4 rings (SSSR count). The van der Waals surface area contributed by atoms with E-state index in [2.05, 4.69) is 37.4 Å². The first-order valence-electron chi connectivity index (χ1n) is 8.49. The van der Waals surface area contributed by atoms with Gasteiger partial charge in [-0.2, -0.15) is 0 Å². The van der Waals surface area contributed by atoms with Gasteiger partial charge in [-0.25, -0.2) is 9.78 Å². The summed E-state index contributed by atoms with van der Waals surface area (Å²) in [6.07, 6.45) is 8.59. The second kappa shape index (κ2) is 6.23. The zero-order chi connectivity index (χ0) is 17.4. The van der Waals surface area contributed by atoms with Crippen LogP contribution in [0.25, 0.3) is 16.8 Å². The van der Waals surface area contributed by atoms with E-state index >= 15 is 0 Å². The van der Waals surface area contributed by atoms with E-state index in [0.29, 0.717) is 18.5 Å². The van der Waals surface area contributed by atoms with Gasteiger partial charge in [0.25, 0.3) is 0 Å². The summed E-state index contributed by atoms with van der Waals surface area (Å²) in [5, 5.41) is 19.3. The lowest BCUT2D eigenvalue weighted by Gasteiger charge is -2.35. The number of hydrogen-bond donors (Lipinski definition) is 3. The van der Waals surface area contributed by atoms with Crippen LogP contribution in [0.15, 0.2) is 18.7 Å². The van der Waals surface area contributed by atoms with E-state index < -0.39 is 6.09 Å². The number of hydrogen-bond acceptors (Lipinski definition) is 5. The van der Waals surface area contributed by atoms with Crippen LogP contribution < -0.4 is 10.2 Å². The van der Waals surface area contributed by atoms with Crippen molar-refractivity contribution in [3.05, 3.63) is 18.7 Å². The van der Waals surface area contributed by atoms with Crippen molar-refractivity contribution in [1.29, 1.82) is 0 Å². The van der Waals surface area contributed by atoms with Crippen molar-refractivity contribution < 1.29 is 9.90 Å². The molecular formula is C16H21N7O2. The predicted octanol–water partition coefficient (Wildman–Crippen LogP) is 1.87. The number of amides is 1. The summed E-state index contributed by atoms with van der Waals surface area (Å²) in [5.41, 5.74) is 3.61. The Bertz CT molecular complexity index is 894. The average molecular weight is 343 g/mol. The molecule has 1 amide bonds. The molecule has 0 aliphatic heterocycles. The van der Waals surface area contributed by atoms with Gasteiger partial charge in [-0.15, -0.1) is 10.2 Å². The SMILES string of the molecule is CN(c1c[nH]c2ncc3nncn3c12)[C@H]1CC[C@H](CNC(=O)O)CC1. The van der Waals surface area contributed by atoms with Gasteiger partial charge in [0, 0.05) is 25.8 Å². The average Bonchev–Trinajstić information content (AvgIpc) is 3.25. The molecule has 132 valence electrons. The lowest BCUT2D eigenvalue weighted by Crippen LogP contribution is -2.38. The van der Waals surface area contributed by atoms with Crippen LogP contribution in [0.3, 0.4) is 0 Å². The maximum absolute atomic E-state index is 10.6. The van der Waals surface area contributed by atoms with Crippen molar-refractivity contribution in [2.75, 3.05) is 18.5 Å². The minimum absolute atomic E-state index is 0.423. The maximum atomic E-state index is 10.6. The van der Waals surface area contributed by atoms with Crippen LogP contribution in [-0.2, 0) is 0 Å². The fraction of sp³-hybridized carbons (Fsp3) is 0.500. The molecule has 9 nitrogen and oxygen atoms in total. The molecule has 0 saturated heterocycles. The first-order valence-corrected chi connectivity index (χ1v) is 8.49. The third-order valence-electron chi connectivity index (χ3n) is 5.22. The molecule has 0 bridgehead atoms. The molecule has 0 radical (unpaired) electrons. The van der Waals surface area contributed by atoms with Gasteiger partial charge in [-0.1, -0.05) is 0 Å². The Balaban J connectivity index is 1.52.